The predicted octanol–water partition coefficient (Wildman–Crippen LogP) is 2.97. The number of azo groups is 1. The molecule has 2 aromatic rings. The van der Waals surface area contributed by atoms with Crippen molar-refractivity contribution in [1.29, 1.82) is 0 Å². The van der Waals surface area contributed by atoms with Crippen LogP contribution in [0.5, 0.6) is 5.88 Å². The summed E-state index contributed by atoms with van der Waals surface area (Å²) in [6.45, 7) is 0. The lowest BCUT2D eigenvalue weighted by atomic mass is 10.2. The van der Waals surface area contributed by atoms with Crippen molar-refractivity contribution in [2.24, 2.45) is 23.0 Å². The van der Waals surface area contributed by atoms with Gasteiger partial charge in [-0.05, 0) is 30.4 Å². The van der Waals surface area contributed by atoms with Gasteiger partial charge in [-0.25, -0.2) is 0 Å². The van der Waals surface area contributed by atoms with Crippen molar-refractivity contribution in [2.45, 2.75) is 0 Å². The van der Waals surface area contributed by atoms with Gasteiger partial charge in [0.25, 0.3) is 0 Å². The molecule has 1 aromatic heterocycles. The molecule has 7 heteroatoms. The van der Waals surface area contributed by atoms with Crippen molar-refractivity contribution < 1.29 is 5.11 Å². The molecule has 0 saturated carbocycles. The Bertz CT molecular complexity index is 635. The molecule has 1 aromatic carbocycles. The maximum absolute atomic E-state index is 9.94. The summed E-state index contributed by atoms with van der Waals surface area (Å²) in [6, 6.07) is 5.61. The fourth-order valence-corrected chi connectivity index (χ4v) is 1.98. The summed E-state index contributed by atoms with van der Waals surface area (Å²) < 4.78 is 2.51. The molecule has 0 fully saturated rings. The largest absolute Gasteiger partial charge is 0.493 e. The maximum atomic E-state index is 9.94. The van der Waals surface area contributed by atoms with E-state index in [-0.39, 0.29) is 11.0 Å². The average Bonchev–Trinajstić information content (AvgIpc) is 2.49. The molecule has 0 saturated heterocycles. The molecule has 88 valence electrons. The minimum atomic E-state index is -0.0728. The molecule has 0 unspecified atom stereocenters. The zero-order valence-corrected chi connectivity index (χ0v) is 11.3. The average molecular weight is 313 g/mol. The number of benzene rings is 1. The van der Waals surface area contributed by atoms with Gasteiger partial charge in [-0.1, -0.05) is 15.9 Å². The first-order chi connectivity index (χ1) is 8.00. The lowest BCUT2D eigenvalue weighted by Crippen LogP contribution is -2.01. The molecule has 5 nitrogen and oxygen atoms in total. The smallest absolute Gasteiger partial charge is 0.220 e. The first-order valence-corrected chi connectivity index (χ1v) is 5.89. The van der Waals surface area contributed by atoms with Crippen LogP contribution < -0.4 is 5.73 Å². The fourth-order valence-electron chi connectivity index (χ4n) is 1.58. The van der Waals surface area contributed by atoms with Crippen LogP contribution in [-0.2, 0) is 7.05 Å². The van der Waals surface area contributed by atoms with E-state index in [0.717, 1.165) is 15.4 Å². The van der Waals surface area contributed by atoms with E-state index in [9.17, 15) is 5.11 Å². The molecule has 1 heterocycles. The second-order valence-corrected chi connectivity index (χ2v) is 4.76. The van der Waals surface area contributed by atoms with E-state index in [1.165, 1.54) is 0 Å². The summed E-state index contributed by atoms with van der Waals surface area (Å²) in [4.78, 5) is 0. The van der Waals surface area contributed by atoms with Crippen LogP contribution in [0.4, 0.5) is 5.69 Å². The van der Waals surface area contributed by atoms with Crippen molar-refractivity contribution in [3.63, 3.8) is 0 Å². The summed E-state index contributed by atoms with van der Waals surface area (Å²) in [6.07, 6.45) is 0. The highest BCUT2D eigenvalue weighted by atomic mass is 79.9. The maximum Gasteiger partial charge on any atom is 0.220 e. The molecule has 0 aliphatic rings. The van der Waals surface area contributed by atoms with Gasteiger partial charge in [0.1, 0.15) is 0 Å². The van der Waals surface area contributed by atoms with E-state index in [0.29, 0.717) is 5.69 Å². The summed E-state index contributed by atoms with van der Waals surface area (Å²) in [5.74, 6) is 0.0260. The first-order valence-electron chi connectivity index (χ1n) is 4.69. The van der Waals surface area contributed by atoms with Crippen molar-refractivity contribution in [3.05, 3.63) is 22.7 Å². The Morgan fingerprint density at radius 2 is 2.24 bits per heavy atom. The number of hydrogen-bond donors (Lipinski definition) is 2. The quantitative estimate of drug-likeness (QED) is 0.628. The van der Waals surface area contributed by atoms with Crippen LogP contribution in [0.25, 0.3) is 10.9 Å². The fraction of sp³-hybridized carbons (Fsp3) is 0.100. The number of nitrogens with zero attached hydrogens (tertiary/aromatic N) is 3. The highest BCUT2D eigenvalue weighted by molar-refractivity contribution is 9.10. The second-order valence-electron chi connectivity index (χ2n) is 3.43. The molecule has 0 spiro atoms. The molecule has 2 rings (SSSR count). The molecule has 17 heavy (non-hydrogen) atoms. The highest BCUT2D eigenvalue weighted by Gasteiger charge is 2.14. The number of hydrogen-bond acceptors (Lipinski definition) is 3. The third-order valence-corrected chi connectivity index (χ3v) is 2.93. The summed E-state index contributed by atoms with van der Waals surface area (Å²) in [5.41, 5.74) is 6.45. The van der Waals surface area contributed by atoms with E-state index in [4.69, 9.17) is 5.73 Å². The lowest BCUT2D eigenvalue weighted by molar-refractivity contribution is 0.436. The van der Waals surface area contributed by atoms with E-state index in [2.05, 4.69) is 38.4 Å². The van der Waals surface area contributed by atoms with Crippen LogP contribution in [0.3, 0.4) is 0 Å². The number of rotatable bonds is 1. The van der Waals surface area contributed by atoms with Gasteiger partial charge in [-0.3, -0.25) is 0 Å². The minimum Gasteiger partial charge on any atom is -0.493 e. The number of fused-ring (bicyclic) bond motifs is 1. The number of aromatic hydroxyl groups is 1. The standard InChI is InChI=1S/C10H9BrN4OS/c1-15-7-3-2-5(11)4-6(7)8(9(15)16)13-14-10(12)17/h2-4,16H,1H3,(H2,12,17). The number of halogens is 1. The van der Waals surface area contributed by atoms with Crippen molar-refractivity contribution >= 4 is 49.9 Å². The molecule has 0 amide bonds. The SMILES string of the molecule is Cn1c(O)c(N=NC(N)=S)c2cc(Br)ccc21. The molecular weight excluding hydrogens is 304 g/mol. The molecule has 3 N–H and O–H groups in total. The molecule has 0 aliphatic heterocycles. The zero-order chi connectivity index (χ0) is 12.6. The van der Waals surface area contributed by atoms with E-state index >= 15 is 0 Å². The Hall–Kier alpha value is -1.47. The molecule has 0 atom stereocenters. The molecule has 0 bridgehead atoms. The number of nitrogens with two attached hydrogens (primary N) is 1. The molecular formula is C10H9BrN4OS. The first kappa shape index (κ1) is 12.0. The Kier molecular flexibility index (Phi) is 3.12. The Morgan fingerprint density at radius 1 is 1.53 bits per heavy atom. The summed E-state index contributed by atoms with van der Waals surface area (Å²) in [5, 5.41) is 18.1. The highest BCUT2D eigenvalue weighted by Crippen LogP contribution is 2.39. The Morgan fingerprint density at radius 3 is 2.88 bits per heavy atom. The zero-order valence-electron chi connectivity index (χ0n) is 8.88. The van der Waals surface area contributed by atoms with Crippen LogP contribution in [-0.4, -0.2) is 14.8 Å². The van der Waals surface area contributed by atoms with Gasteiger partial charge < -0.3 is 15.4 Å². The number of aryl methyl sites for hydroxylation is 1. The van der Waals surface area contributed by atoms with Gasteiger partial charge >= 0.3 is 0 Å². The van der Waals surface area contributed by atoms with Crippen LogP contribution in [0.2, 0.25) is 0 Å². The molecule has 0 radical (unpaired) electrons. The normalized spacial score (nSPS) is 11.4. The van der Waals surface area contributed by atoms with Gasteiger partial charge in [-0.15, -0.1) is 10.2 Å². The van der Waals surface area contributed by atoms with Crippen LogP contribution in [0.1, 0.15) is 0 Å². The van der Waals surface area contributed by atoms with Crippen LogP contribution in [0.15, 0.2) is 32.9 Å². The summed E-state index contributed by atoms with van der Waals surface area (Å²) >= 11 is 7.98. The summed E-state index contributed by atoms with van der Waals surface area (Å²) in [7, 11) is 1.74. The van der Waals surface area contributed by atoms with E-state index in [1.54, 1.807) is 11.6 Å². The third-order valence-electron chi connectivity index (χ3n) is 2.35. The van der Waals surface area contributed by atoms with Gasteiger partial charge in [0.05, 0.1) is 5.52 Å². The number of aromatic nitrogens is 1. The van der Waals surface area contributed by atoms with E-state index in [1.807, 2.05) is 18.2 Å². The Labute approximate surface area is 111 Å². The van der Waals surface area contributed by atoms with Crippen molar-refractivity contribution in [1.82, 2.24) is 4.57 Å². The van der Waals surface area contributed by atoms with Gasteiger partial charge in [0.2, 0.25) is 11.0 Å². The van der Waals surface area contributed by atoms with Gasteiger partial charge in [0.15, 0.2) is 5.69 Å². The predicted molar refractivity (Wildman–Crippen MR) is 73.6 cm³/mol. The topological polar surface area (TPSA) is 75.9 Å². The van der Waals surface area contributed by atoms with Crippen LogP contribution >= 0.6 is 28.1 Å². The lowest BCUT2D eigenvalue weighted by Gasteiger charge is -1.95. The van der Waals surface area contributed by atoms with E-state index < -0.39 is 0 Å². The van der Waals surface area contributed by atoms with Crippen molar-refractivity contribution in [2.75, 3.05) is 0 Å². The van der Waals surface area contributed by atoms with Gasteiger partial charge in [-0.2, -0.15) is 0 Å². The monoisotopic (exact) mass is 312 g/mol. The third kappa shape index (κ3) is 2.16. The minimum absolute atomic E-state index is 0.0260. The Balaban J connectivity index is 2.72. The molecule has 0 aliphatic carbocycles. The second kappa shape index (κ2) is 4.42. The van der Waals surface area contributed by atoms with Gasteiger partial charge in [0, 0.05) is 16.9 Å². The van der Waals surface area contributed by atoms with Crippen LogP contribution in [0, 0.1) is 0 Å². The number of thiocarbonyl (C=S) groups is 1. The van der Waals surface area contributed by atoms with Crippen molar-refractivity contribution in [3.8, 4) is 5.88 Å².